The Morgan fingerprint density at radius 3 is 2.74 bits per heavy atom. The van der Waals surface area contributed by atoms with Gasteiger partial charge in [-0.25, -0.2) is 4.68 Å². The molecule has 2 heterocycles. The van der Waals surface area contributed by atoms with Gasteiger partial charge in [0.15, 0.2) is 0 Å². The summed E-state index contributed by atoms with van der Waals surface area (Å²) in [6, 6.07) is 14.7. The summed E-state index contributed by atoms with van der Waals surface area (Å²) in [5.74, 6) is -0.144. The van der Waals surface area contributed by atoms with Crippen molar-refractivity contribution in [1.29, 1.82) is 0 Å². The van der Waals surface area contributed by atoms with Crippen molar-refractivity contribution in [3.8, 4) is 5.69 Å². The van der Waals surface area contributed by atoms with Crippen molar-refractivity contribution in [1.82, 2.24) is 20.1 Å². The molecule has 2 aromatic carbocycles. The van der Waals surface area contributed by atoms with E-state index in [9.17, 15) is 9.59 Å². The molecular formula is C27H26ClN5O2. The molecule has 178 valence electrons. The molecule has 0 spiro atoms. The summed E-state index contributed by atoms with van der Waals surface area (Å²) < 4.78 is 1.81. The van der Waals surface area contributed by atoms with Crippen LogP contribution in [0.1, 0.15) is 47.3 Å². The topological polar surface area (TPSA) is 88.9 Å². The second-order valence-electron chi connectivity index (χ2n) is 8.87. The minimum atomic E-state index is -0.322. The van der Waals surface area contributed by atoms with Crippen LogP contribution in [0.25, 0.3) is 16.6 Å². The van der Waals surface area contributed by atoms with Gasteiger partial charge in [0.05, 0.1) is 39.4 Å². The number of carbonyl (C=O) groups excluding carboxylic acids is 2. The molecule has 2 aromatic heterocycles. The molecule has 1 aliphatic rings. The highest BCUT2D eigenvalue weighted by atomic mass is 35.5. The maximum absolute atomic E-state index is 13.2. The van der Waals surface area contributed by atoms with Crippen LogP contribution in [0.4, 0.5) is 5.69 Å². The van der Waals surface area contributed by atoms with Crippen LogP contribution in [0, 0.1) is 12.8 Å². The molecule has 0 radical (unpaired) electrons. The highest BCUT2D eigenvalue weighted by Crippen LogP contribution is 2.28. The number of hydrogen-bond donors (Lipinski definition) is 2. The largest absolute Gasteiger partial charge is 0.352 e. The first-order valence-electron chi connectivity index (χ1n) is 11.8. The van der Waals surface area contributed by atoms with Crippen molar-refractivity contribution in [2.24, 2.45) is 5.92 Å². The van der Waals surface area contributed by atoms with Gasteiger partial charge in [-0.1, -0.05) is 36.6 Å². The maximum atomic E-state index is 13.2. The summed E-state index contributed by atoms with van der Waals surface area (Å²) >= 11 is 6.37. The zero-order chi connectivity index (χ0) is 24.4. The Morgan fingerprint density at radius 2 is 1.94 bits per heavy atom. The van der Waals surface area contributed by atoms with Gasteiger partial charge in [0.1, 0.15) is 0 Å². The van der Waals surface area contributed by atoms with Crippen molar-refractivity contribution in [2.75, 3.05) is 5.32 Å². The van der Waals surface area contributed by atoms with E-state index in [2.05, 4.69) is 20.7 Å². The Labute approximate surface area is 208 Å². The fraction of sp³-hybridized carbons (Fsp3) is 0.259. The molecular weight excluding hydrogens is 462 g/mol. The molecule has 8 heteroatoms. The number of halogens is 1. The molecule has 1 aliphatic carbocycles. The second kappa shape index (κ2) is 9.88. The number of nitrogens with one attached hydrogen (secondary N) is 2. The molecule has 1 saturated carbocycles. The van der Waals surface area contributed by atoms with Gasteiger partial charge < -0.3 is 10.6 Å². The van der Waals surface area contributed by atoms with E-state index < -0.39 is 0 Å². The molecule has 0 bridgehead atoms. The van der Waals surface area contributed by atoms with Gasteiger partial charge in [-0.2, -0.15) is 5.10 Å². The second-order valence-corrected chi connectivity index (χ2v) is 9.28. The minimum absolute atomic E-state index is 0.0796. The summed E-state index contributed by atoms with van der Waals surface area (Å²) in [6.07, 6.45) is 7.58. The van der Waals surface area contributed by atoms with Gasteiger partial charge in [-0.05, 0) is 61.7 Å². The molecule has 35 heavy (non-hydrogen) atoms. The standard InChI is InChI=1S/C27H26ClN5O2/c1-17-24(10-5-13-29-17)33-25-9-4-8-23(21(25)16-31-33)32-27(35)20-14-18(11-12-22(20)28)15-30-26(34)19-6-2-3-7-19/h4-5,8-14,16,19H,2-3,6-7,15H2,1H3,(H,30,34)(H,32,35). The highest BCUT2D eigenvalue weighted by Gasteiger charge is 2.22. The van der Waals surface area contributed by atoms with E-state index in [1.165, 1.54) is 0 Å². The summed E-state index contributed by atoms with van der Waals surface area (Å²) in [6.45, 7) is 2.29. The number of amides is 2. The van der Waals surface area contributed by atoms with Gasteiger partial charge in [0.25, 0.3) is 5.91 Å². The van der Waals surface area contributed by atoms with Gasteiger partial charge in [-0.15, -0.1) is 0 Å². The third kappa shape index (κ3) is 4.77. The van der Waals surface area contributed by atoms with Gasteiger partial charge in [0.2, 0.25) is 5.91 Å². The first-order chi connectivity index (χ1) is 17.0. The van der Waals surface area contributed by atoms with Crippen LogP contribution < -0.4 is 10.6 Å². The lowest BCUT2D eigenvalue weighted by atomic mass is 10.1. The lowest BCUT2D eigenvalue weighted by Crippen LogP contribution is -2.28. The molecule has 0 unspecified atom stereocenters. The van der Waals surface area contributed by atoms with Crippen LogP contribution in [0.5, 0.6) is 0 Å². The number of aromatic nitrogens is 3. The van der Waals surface area contributed by atoms with Gasteiger partial charge >= 0.3 is 0 Å². The van der Waals surface area contributed by atoms with Crippen molar-refractivity contribution >= 4 is 40.0 Å². The number of benzene rings is 2. The Bertz CT molecular complexity index is 1410. The quantitative estimate of drug-likeness (QED) is 0.379. The van der Waals surface area contributed by atoms with Crippen molar-refractivity contribution < 1.29 is 9.59 Å². The number of hydrogen-bond acceptors (Lipinski definition) is 4. The van der Waals surface area contributed by atoms with Crippen molar-refractivity contribution in [3.63, 3.8) is 0 Å². The van der Waals surface area contributed by atoms with Crippen molar-refractivity contribution in [3.05, 3.63) is 82.8 Å². The molecule has 5 rings (SSSR count). The third-order valence-corrected chi connectivity index (χ3v) is 6.87. The Balaban J connectivity index is 1.36. The number of nitrogens with zero attached hydrogens (tertiary/aromatic N) is 3. The molecule has 2 N–H and O–H groups in total. The van der Waals surface area contributed by atoms with E-state index in [0.717, 1.165) is 53.5 Å². The van der Waals surface area contributed by atoms with Crippen LogP contribution in [0.15, 0.2) is 60.9 Å². The molecule has 1 fully saturated rings. The van der Waals surface area contributed by atoms with Gasteiger partial charge in [0, 0.05) is 24.0 Å². The predicted octanol–water partition coefficient (Wildman–Crippen LogP) is 5.44. The van der Waals surface area contributed by atoms with E-state index in [0.29, 0.717) is 22.8 Å². The van der Waals surface area contributed by atoms with Gasteiger partial charge in [-0.3, -0.25) is 14.6 Å². The lowest BCUT2D eigenvalue weighted by molar-refractivity contribution is -0.124. The number of aryl methyl sites for hydroxylation is 1. The minimum Gasteiger partial charge on any atom is -0.352 e. The molecule has 4 aromatic rings. The molecule has 0 atom stereocenters. The lowest BCUT2D eigenvalue weighted by Gasteiger charge is -2.12. The van der Waals surface area contributed by atoms with E-state index in [-0.39, 0.29) is 17.7 Å². The first kappa shape index (κ1) is 23.1. The van der Waals surface area contributed by atoms with Crippen LogP contribution in [-0.2, 0) is 11.3 Å². The van der Waals surface area contributed by atoms with E-state index >= 15 is 0 Å². The summed E-state index contributed by atoms with van der Waals surface area (Å²) in [5.41, 5.74) is 4.40. The molecule has 7 nitrogen and oxygen atoms in total. The number of fused-ring (bicyclic) bond motifs is 1. The van der Waals surface area contributed by atoms with E-state index in [4.69, 9.17) is 11.6 Å². The normalized spacial score (nSPS) is 13.8. The van der Waals surface area contributed by atoms with Crippen LogP contribution in [0.3, 0.4) is 0 Å². The number of pyridine rings is 1. The maximum Gasteiger partial charge on any atom is 0.257 e. The number of anilines is 1. The zero-order valence-corrected chi connectivity index (χ0v) is 20.2. The summed E-state index contributed by atoms with van der Waals surface area (Å²) in [5, 5.41) is 11.7. The number of carbonyl (C=O) groups is 2. The number of rotatable bonds is 6. The summed E-state index contributed by atoms with van der Waals surface area (Å²) in [7, 11) is 0. The Morgan fingerprint density at radius 1 is 1.11 bits per heavy atom. The Hall–Kier alpha value is -3.71. The van der Waals surface area contributed by atoms with E-state index in [1.807, 2.05) is 48.0 Å². The Kier molecular flexibility index (Phi) is 6.51. The molecule has 0 saturated heterocycles. The fourth-order valence-corrected chi connectivity index (χ4v) is 4.82. The SMILES string of the molecule is Cc1ncccc1-n1ncc2c(NC(=O)c3cc(CNC(=O)C4CCCC4)ccc3Cl)cccc21. The van der Waals surface area contributed by atoms with Crippen LogP contribution in [0.2, 0.25) is 5.02 Å². The smallest absolute Gasteiger partial charge is 0.257 e. The fourth-order valence-electron chi connectivity index (χ4n) is 4.62. The first-order valence-corrected chi connectivity index (χ1v) is 12.2. The van der Waals surface area contributed by atoms with Crippen LogP contribution >= 0.6 is 11.6 Å². The predicted molar refractivity (Wildman–Crippen MR) is 137 cm³/mol. The monoisotopic (exact) mass is 487 g/mol. The average molecular weight is 488 g/mol. The molecule has 2 amide bonds. The van der Waals surface area contributed by atoms with Crippen LogP contribution in [-0.4, -0.2) is 26.6 Å². The van der Waals surface area contributed by atoms with E-state index in [1.54, 1.807) is 24.5 Å². The third-order valence-electron chi connectivity index (χ3n) is 6.54. The summed E-state index contributed by atoms with van der Waals surface area (Å²) in [4.78, 5) is 29.9. The average Bonchev–Trinajstić information content (AvgIpc) is 3.55. The molecule has 0 aliphatic heterocycles. The zero-order valence-electron chi connectivity index (χ0n) is 19.4. The van der Waals surface area contributed by atoms with Crippen molar-refractivity contribution in [2.45, 2.75) is 39.2 Å². The highest BCUT2D eigenvalue weighted by molar-refractivity contribution is 6.34.